The summed E-state index contributed by atoms with van der Waals surface area (Å²) in [5, 5.41) is 10.7. The summed E-state index contributed by atoms with van der Waals surface area (Å²) in [6.45, 7) is 0. The number of pyridine rings is 1. The predicted octanol–water partition coefficient (Wildman–Crippen LogP) is 2.96. The summed E-state index contributed by atoms with van der Waals surface area (Å²) < 4.78 is 18.2. The largest absolute Gasteiger partial charge is 0.496 e. The van der Waals surface area contributed by atoms with Crippen molar-refractivity contribution in [1.82, 2.24) is 4.98 Å². The van der Waals surface area contributed by atoms with E-state index >= 15 is 0 Å². The molecule has 2 aromatic rings. The Hall–Kier alpha value is -1.65. The quantitative estimate of drug-likeness (QED) is 0.930. The number of aliphatic hydroxyl groups is 1. The normalized spacial score (nSPS) is 12.2. The Morgan fingerprint density at radius 2 is 2.11 bits per heavy atom. The molecule has 0 amide bonds. The van der Waals surface area contributed by atoms with Crippen molar-refractivity contribution in [3.05, 3.63) is 58.6 Å². The topological polar surface area (TPSA) is 42.4 Å². The second kappa shape index (κ2) is 5.33. The number of ether oxygens (including phenoxy) is 1. The van der Waals surface area contributed by atoms with Crippen molar-refractivity contribution in [3.8, 4) is 5.75 Å². The van der Waals surface area contributed by atoms with E-state index in [1.54, 1.807) is 18.2 Å². The first-order chi connectivity index (χ1) is 8.61. The number of hydrogen-bond donors (Lipinski definition) is 1. The van der Waals surface area contributed by atoms with Crippen molar-refractivity contribution < 1.29 is 14.2 Å². The average Bonchev–Trinajstić information content (AvgIpc) is 2.38. The van der Waals surface area contributed by atoms with E-state index in [4.69, 9.17) is 16.3 Å². The number of hydrogen-bond acceptors (Lipinski definition) is 3. The summed E-state index contributed by atoms with van der Waals surface area (Å²) >= 11 is 5.88. The van der Waals surface area contributed by atoms with Crippen molar-refractivity contribution in [1.29, 1.82) is 0 Å². The minimum atomic E-state index is -1.04. The smallest absolute Gasteiger partial charge is 0.141 e. The van der Waals surface area contributed by atoms with Gasteiger partial charge in [-0.2, -0.15) is 0 Å². The van der Waals surface area contributed by atoms with Gasteiger partial charge in [0, 0.05) is 22.3 Å². The van der Waals surface area contributed by atoms with Crippen LogP contribution in [-0.4, -0.2) is 17.2 Å². The molecule has 1 unspecified atom stereocenters. The van der Waals surface area contributed by atoms with Crippen molar-refractivity contribution in [2.75, 3.05) is 7.11 Å². The first-order valence-electron chi connectivity index (χ1n) is 5.24. The van der Waals surface area contributed by atoms with Gasteiger partial charge in [-0.25, -0.2) is 4.39 Å². The maximum absolute atomic E-state index is 13.1. The maximum atomic E-state index is 13.1. The van der Waals surface area contributed by atoms with Crippen LogP contribution in [0.3, 0.4) is 0 Å². The third-order valence-electron chi connectivity index (χ3n) is 2.53. The van der Waals surface area contributed by atoms with E-state index in [1.807, 2.05) is 0 Å². The molecule has 0 saturated heterocycles. The molecule has 0 radical (unpaired) electrons. The lowest BCUT2D eigenvalue weighted by Gasteiger charge is -2.15. The van der Waals surface area contributed by atoms with Crippen molar-refractivity contribution in [2.45, 2.75) is 6.10 Å². The molecule has 1 atom stereocenters. The molecule has 0 saturated carbocycles. The van der Waals surface area contributed by atoms with E-state index in [0.29, 0.717) is 21.9 Å². The molecule has 1 heterocycles. The van der Waals surface area contributed by atoms with Gasteiger partial charge in [0.25, 0.3) is 0 Å². The van der Waals surface area contributed by atoms with Crippen LogP contribution in [0.1, 0.15) is 17.2 Å². The van der Waals surface area contributed by atoms with E-state index in [1.165, 1.54) is 19.4 Å². The molecular weight excluding hydrogens is 257 g/mol. The summed E-state index contributed by atoms with van der Waals surface area (Å²) in [6, 6.07) is 6.10. The van der Waals surface area contributed by atoms with Gasteiger partial charge in [0.15, 0.2) is 0 Å². The lowest BCUT2D eigenvalue weighted by atomic mass is 10.0. The molecule has 0 aliphatic rings. The lowest BCUT2D eigenvalue weighted by Crippen LogP contribution is -2.03. The van der Waals surface area contributed by atoms with Crippen molar-refractivity contribution in [3.63, 3.8) is 0 Å². The van der Waals surface area contributed by atoms with Gasteiger partial charge in [-0.05, 0) is 24.3 Å². The highest BCUT2D eigenvalue weighted by Crippen LogP contribution is 2.32. The Kier molecular flexibility index (Phi) is 3.79. The van der Waals surface area contributed by atoms with Gasteiger partial charge in [0.1, 0.15) is 17.7 Å². The highest BCUT2D eigenvalue weighted by Gasteiger charge is 2.16. The molecule has 5 heteroatoms. The van der Waals surface area contributed by atoms with Gasteiger partial charge < -0.3 is 9.84 Å². The van der Waals surface area contributed by atoms with Crippen LogP contribution < -0.4 is 4.74 Å². The molecule has 1 N–H and O–H groups in total. The number of methoxy groups -OCH3 is 1. The number of rotatable bonds is 3. The van der Waals surface area contributed by atoms with Gasteiger partial charge in [0.2, 0.25) is 0 Å². The zero-order valence-corrected chi connectivity index (χ0v) is 10.4. The highest BCUT2D eigenvalue weighted by molar-refractivity contribution is 6.30. The molecule has 3 nitrogen and oxygen atoms in total. The Morgan fingerprint density at radius 1 is 1.33 bits per heavy atom. The Morgan fingerprint density at radius 3 is 2.78 bits per heavy atom. The summed E-state index contributed by atoms with van der Waals surface area (Å²) in [5.41, 5.74) is 0.813. The third-order valence-corrected chi connectivity index (χ3v) is 2.76. The molecule has 1 aromatic heterocycles. The zero-order chi connectivity index (χ0) is 13.1. The molecule has 1 aromatic carbocycles. The molecule has 18 heavy (non-hydrogen) atoms. The fraction of sp³-hybridized carbons (Fsp3) is 0.154. The summed E-state index contributed by atoms with van der Waals surface area (Å²) in [5.74, 6) is -0.0243. The van der Waals surface area contributed by atoms with Gasteiger partial charge in [-0.15, -0.1) is 0 Å². The number of aromatic nitrogens is 1. The first kappa shape index (κ1) is 12.8. The van der Waals surface area contributed by atoms with Gasteiger partial charge in [0.05, 0.1) is 13.3 Å². The van der Waals surface area contributed by atoms with Gasteiger partial charge in [-0.3, -0.25) is 4.98 Å². The first-order valence-corrected chi connectivity index (χ1v) is 5.61. The van der Waals surface area contributed by atoms with Crippen LogP contribution >= 0.6 is 11.6 Å². The number of benzene rings is 1. The van der Waals surface area contributed by atoms with Crippen LogP contribution in [0.4, 0.5) is 4.39 Å². The lowest BCUT2D eigenvalue weighted by molar-refractivity contribution is 0.214. The summed E-state index contributed by atoms with van der Waals surface area (Å²) in [7, 11) is 1.49. The van der Waals surface area contributed by atoms with Crippen molar-refractivity contribution >= 4 is 11.6 Å². The summed E-state index contributed by atoms with van der Waals surface area (Å²) in [6.07, 6.45) is 1.43. The number of aliphatic hydroxyl groups excluding tert-OH is 1. The standard InChI is InChI=1S/C13H11ClFNO2/c1-18-12-3-2-9(14)5-11(12)13(17)8-4-10(15)7-16-6-8/h2-7,13,17H,1H3. The highest BCUT2D eigenvalue weighted by atomic mass is 35.5. The minimum absolute atomic E-state index is 0.343. The average molecular weight is 268 g/mol. The van der Waals surface area contributed by atoms with Crippen molar-refractivity contribution in [2.24, 2.45) is 0 Å². The molecular formula is C13H11ClFNO2. The fourth-order valence-electron chi connectivity index (χ4n) is 1.68. The van der Waals surface area contributed by atoms with Gasteiger partial charge in [-0.1, -0.05) is 11.6 Å². The molecule has 0 aliphatic carbocycles. The van der Waals surface area contributed by atoms with Crippen LogP contribution in [0.25, 0.3) is 0 Å². The number of nitrogens with zero attached hydrogens (tertiary/aromatic N) is 1. The molecule has 94 valence electrons. The predicted molar refractivity (Wildman–Crippen MR) is 66.3 cm³/mol. The monoisotopic (exact) mass is 267 g/mol. The molecule has 0 fully saturated rings. The van der Waals surface area contributed by atoms with E-state index in [-0.39, 0.29) is 0 Å². The Bertz CT molecular complexity index is 562. The third kappa shape index (κ3) is 2.60. The Labute approximate surface area is 109 Å². The van der Waals surface area contributed by atoms with Crippen LogP contribution in [0.15, 0.2) is 36.7 Å². The minimum Gasteiger partial charge on any atom is -0.496 e. The van der Waals surface area contributed by atoms with E-state index in [0.717, 1.165) is 6.20 Å². The van der Waals surface area contributed by atoms with E-state index < -0.39 is 11.9 Å². The molecule has 0 spiro atoms. The van der Waals surface area contributed by atoms with Crippen LogP contribution in [0.5, 0.6) is 5.75 Å². The SMILES string of the molecule is COc1ccc(Cl)cc1C(O)c1cncc(F)c1. The van der Waals surface area contributed by atoms with E-state index in [2.05, 4.69) is 4.98 Å². The number of halogens is 2. The second-order valence-corrected chi connectivity index (χ2v) is 4.16. The van der Waals surface area contributed by atoms with Crippen LogP contribution in [0, 0.1) is 5.82 Å². The molecule has 0 bridgehead atoms. The molecule has 0 aliphatic heterocycles. The van der Waals surface area contributed by atoms with Crippen LogP contribution in [-0.2, 0) is 0 Å². The van der Waals surface area contributed by atoms with Crippen LogP contribution in [0.2, 0.25) is 5.02 Å². The van der Waals surface area contributed by atoms with E-state index in [9.17, 15) is 9.50 Å². The van der Waals surface area contributed by atoms with Gasteiger partial charge >= 0.3 is 0 Å². The fourth-order valence-corrected chi connectivity index (χ4v) is 1.86. The second-order valence-electron chi connectivity index (χ2n) is 3.73. The Balaban J connectivity index is 2.44. The summed E-state index contributed by atoms with van der Waals surface area (Å²) in [4.78, 5) is 3.70. The maximum Gasteiger partial charge on any atom is 0.141 e. The zero-order valence-electron chi connectivity index (χ0n) is 9.60. The molecule has 2 rings (SSSR count).